The first-order chi connectivity index (χ1) is 24.6. The van der Waals surface area contributed by atoms with Crippen molar-refractivity contribution >= 4 is 38.5 Å². The highest BCUT2D eigenvalue weighted by atomic mass is 32.2. The summed E-state index contributed by atoms with van der Waals surface area (Å²) in [6, 6.07) is 30.5. The second kappa shape index (κ2) is 17.1. The van der Waals surface area contributed by atoms with Crippen LogP contribution < -0.4 is 4.90 Å². The minimum atomic E-state index is -4.75. The van der Waals surface area contributed by atoms with Gasteiger partial charge in [-0.1, -0.05) is 89.1 Å². The number of allylic oxidation sites excluding steroid dienone is 5. The predicted octanol–water partition coefficient (Wildman–Crippen LogP) is 10.9. The van der Waals surface area contributed by atoms with E-state index < -0.39 is 10.1 Å². The zero-order chi connectivity index (χ0) is 36.5. The topological polar surface area (TPSA) is 63.5 Å². The van der Waals surface area contributed by atoms with E-state index in [0.717, 1.165) is 96.7 Å². The maximum absolute atomic E-state index is 12.7. The lowest BCUT2D eigenvalue weighted by Crippen LogP contribution is -2.20. The first-order valence-electron chi connectivity index (χ1n) is 18.5. The van der Waals surface area contributed by atoms with E-state index in [0.29, 0.717) is 11.1 Å². The van der Waals surface area contributed by atoms with Crippen LogP contribution in [0.25, 0.3) is 5.57 Å². The van der Waals surface area contributed by atoms with E-state index in [2.05, 4.69) is 136 Å². The standard InChI is InChI=1S/C45H52N2O3S/c1-7-11-29-46(39-23-17-35(9-3)18-24-39)42-27-21-37(31-33(42)5)45(41-15-13-14-16-44(41)51(48,49)50)38-22-28-43(34(6)32-38)47(30-12-8-2)40-25-19-36(10-4)20-26-40/h13-28,31-32H,7-12,29-30H2,1-6H3. The van der Waals surface area contributed by atoms with Crippen molar-refractivity contribution in [3.05, 3.63) is 148 Å². The molecule has 0 saturated heterocycles. The molecule has 4 aromatic rings. The van der Waals surface area contributed by atoms with E-state index in [-0.39, 0.29) is 4.90 Å². The number of benzene rings is 4. The van der Waals surface area contributed by atoms with Crippen LogP contribution in [0.4, 0.5) is 17.1 Å². The van der Waals surface area contributed by atoms with E-state index in [9.17, 15) is 13.0 Å². The van der Waals surface area contributed by atoms with Gasteiger partial charge >= 0.3 is 0 Å². The van der Waals surface area contributed by atoms with E-state index in [1.807, 2.05) is 0 Å². The van der Waals surface area contributed by atoms with Crippen molar-refractivity contribution in [3.8, 4) is 0 Å². The molecule has 0 spiro atoms. The molecule has 0 heterocycles. The molecule has 6 heteroatoms. The average Bonchev–Trinajstić information content (AvgIpc) is 3.13. The molecule has 5 rings (SSSR count). The van der Waals surface area contributed by atoms with Crippen molar-refractivity contribution in [1.29, 1.82) is 0 Å². The summed E-state index contributed by atoms with van der Waals surface area (Å²) >= 11 is 0. The molecule has 51 heavy (non-hydrogen) atoms. The van der Waals surface area contributed by atoms with Gasteiger partial charge in [-0.05, 0) is 109 Å². The van der Waals surface area contributed by atoms with Crippen LogP contribution in [-0.4, -0.2) is 36.3 Å². The van der Waals surface area contributed by atoms with E-state index in [1.54, 1.807) is 18.2 Å². The molecule has 1 aliphatic rings. The minimum Gasteiger partial charge on any atom is -0.744 e. The third-order valence-electron chi connectivity index (χ3n) is 9.76. The SMILES string of the molecule is CCCCN(c1ccc(CC)cc1)c1ccc(/C(=C2\C=CC(=[N+](CCCC)c3ccc(CC)cc3)C(C)=C2)c2ccccc2S(=O)(=O)[O-])cc1C. The third kappa shape index (κ3) is 8.87. The van der Waals surface area contributed by atoms with Crippen molar-refractivity contribution in [3.63, 3.8) is 0 Å². The molecule has 0 fully saturated rings. The second-order valence-electron chi connectivity index (χ2n) is 13.4. The molecular formula is C45H52N2O3S. The first kappa shape index (κ1) is 37.7. The Bertz CT molecular complexity index is 2070. The summed E-state index contributed by atoms with van der Waals surface area (Å²) in [5.41, 5.74) is 12.1. The summed E-state index contributed by atoms with van der Waals surface area (Å²) in [5, 5.41) is 0. The predicted molar refractivity (Wildman–Crippen MR) is 213 cm³/mol. The van der Waals surface area contributed by atoms with Gasteiger partial charge in [-0.3, -0.25) is 0 Å². The number of unbranched alkanes of at least 4 members (excludes halogenated alkanes) is 2. The number of aryl methyl sites for hydroxylation is 3. The number of rotatable bonds is 14. The fraction of sp³-hybridized carbons (Fsp3) is 0.311. The Morgan fingerprint density at radius 1 is 0.765 bits per heavy atom. The fourth-order valence-corrected chi connectivity index (χ4v) is 7.51. The lowest BCUT2D eigenvalue weighted by molar-refractivity contribution is -0.440. The molecule has 4 aromatic carbocycles. The van der Waals surface area contributed by atoms with Crippen LogP contribution in [0.15, 0.2) is 125 Å². The summed E-state index contributed by atoms with van der Waals surface area (Å²) in [6.45, 7) is 14.7. The fourth-order valence-electron chi connectivity index (χ4n) is 6.83. The summed E-state index contributed by atoms with van der Waals surface area (Å²) in [6.07, 6.45) is 12.6. The Morgan fingerprint density at radius 2 is 1.41 bits per heavy atom. The molecule has 0 unspecified atom stereocenters. The van der Waals surface area contributed by atoms with Crippen LogP contribution >= 0.6 is 0 Å². The van der Waals surface area contributed by atoms with Crippen molar-refractivity contribution in [2.75, 3.05) is 18.0 Å². The average molecular weight is 701 g/mol. The molecule has 0 aliphatic heterocycles. The largest absolute Gasteiger partial charge is 0.744 e. The molecule has 266 valence electrons. The Balaban J connectivity index is 1.69. The monoisotopic (exact) mass is 700 g/mol. The first-order valence-corrected chi connectivity index (χ1v) is 19.9. The summed E-state index contributed by atoms with van der Waals surface area (Å²) in [7, 11) is -4.75. The third-order valence-corrected chi connectivity index (χ3v) is 10.7. The van der Waals surface area contributed by atoms with Crippen molar-refractivity contribution in [2.45, 2.75) is 85.0 Å². The molecule has 0 aromatic heterocycles. The van der Waals surface area contributed by atoms with Gasteiger partial charge < -0.3 is 9.45 Å². The zero-order valence-corrected chi connectivity index (χ0v) is 31.9. The molecule has 0 saturated carbocycles. The molecule has 0 bridgehead atoms. The van der Waals surface area contributed by atoms with Gasteiger partial charge in [-0.2, -0.15) is 4.58 Å². The quantitative estimate of drug-likeness (QED) is 0.0970. The highest BCUT2D eigenvalue weighted by Crippen LogP contribution is 2.38. The molecule has 0 radical (unpaired) electrons. The zero-order valence-electron chi connectivity index (χ0n) is 31.1. The molecule has 5 nitrogen and oxygen atoms in total. The molecule has 0 amide bonds. The van der Waals surface area contributed by atoms with E-state index >= 15 is 0 Å². The lowest BCUT2D eigenvalue weighted by Gasteiger charge is -2.28. The van der Waals surface area contributed by atoms with Gasteiger partial charge in [0.2, 0.25) is 11.4 Å². The van der Waals surface area contributed by atoms with Crippen LogP contribution in [0.1, 0.15) is 88.1 Å². The second-order valence-corrected chi connectivity index (χ2v) is 14.7. The van der Waals surface area contributed by atoms with E-state index in [1.165, 1.54) is 17.2 Å². The van der Waals surface area contributed by atoms with Gasteiger partial charge in [0.15, 0.2) is 0 Å². The molecule has 0 atom stereocenters. The van der Waals surface area contributed by atoms with Crippen LogP contribution in [-0.2, 0) is 23.0 Å². The van der Waals surface area contributed by atoms with Gasteiger partial charge in [0.05, 0.1) is 4.90 Å². The number of anilines is 2. The summed E-state index contributed by atoms with van der Waals surface area (Å²) in [4.78, 5) is 2.15. The van der Waals surface area contributed by atoms with Crippen LogP contribution in [0.2, 0.25) is 0 Å². The van der Waals surface area contributed by atoms with Gasteiger partial charge in [-0.25, -0.2) is 8.42 Å². The molecule has 1 aliphatic carbocycles. The van der Waals surface area contributed by atoms with Crippen LogP contribution in [0.5, 0.6) is 0 Å². The highest BCUT2D eigenvalue weighted by molar-refractivity contribution is 7.85. The Hall–Kier alpha value is -4.52. The Labute approximate surface area is 306 Å². The van der Waals surface area contributed by atoms with Crippen LogP contribution in [0.3, 0.4) is 0 Å². The van der Waals surface area contributed by atoms with Gasteiger partial charge in [0, 0.05) is 53.7 Å². The number of nitrogens with zero attached hydrogens (tertiary/aromatic N) is 2. The normalized spacial score (nSPS) is 15.1. The van der Waals surface area contributed by atoms with Crippen molar-refractivity contribution in [1.82, 2.24) is 0 Å². The number of hydrogen-bond acceptors (Lipinski definition) is 4. The Morgan fingerprint density at radius 3 is 2.00 bits per heavy atom. The maximum atomic E-state index is 12.7. The highest BCUT2D eigenvalue weighted by Gasteiger charge is 2.24. The summed E-state index contributed by atoms with van der Waals surface area (Å²) in [5.74, 6) is 0. The summed E-state index contributed by atoms with van der Waals surface area (Å²) < 4.78 is 40.4. The van der Waals surface area contributed by atoms with Crippen molar-refractivity contribution < 1.29 is 17.5 Å². The van der Waals surface area contributed by atoms with Gasteiger partial charge in [0.25, 0.3) is 0 Å². The molecule has 0 N–H and O–H groups in total. The lowest BCUT2D eigenvalue weighted by atomic mass is 9.88. The van der Waals surface area contributed by atoms with E-state index in [4.69, 9.17) is 0 Å². The van der Waals surface area contributed by atoms with Crippen LogP contribution in [0, 0.1) is 6.92 Å². The van der Waals surface area contributed by atoms with Crippen molar-refractivity contribution in [2.24, 2.45) is 0 Å². The van der Waals surface area contributed by atoms with Gasteiger partial charge in [0.1, 0.15) is 16.7 Å². The smallest absolute Gasteiger partial charge is 0.208 e. The maximum Gasteiger partial charge on any atom is 0.208 e. The van der Waals surface area contributed by atoms with Gasteiger partial charge in [-0.15, -0.1) is 0 Å². The molecular weight excluding hydrogens is 649 g/mol. The Kier molecular flexibility index (Phi) is 12.7. The number of hydrogen-bond donors (Lipinski definition) is 0. The minimum absolute atomic E-state index is 0.218.